The van der Waals surface area contributed by atoms with Gasteiger partial charge in [-0.05, 0) is 18.9 Å². The van der Waals surface area contributed by atoms with Crippen molar-refractivity contribution in [1.29, 1.82) is 0 Å². The van der Waals surface area contributed by atoms with Gasteiger partial charge in [0.2, 0.25) is 0 Å². The standard InChI is InChI=1S/C9H17N/c1-4-6-7-9(3)10-8-5-2/h6-7,10H,3-5,8H2,1-2H3/b7-6-. The molecule has 0 radical (unpaired) electrons. The zero-order chi connectivity index (χ0) is 7.82. The quantitative estimate of drug-likeness (QED) is 0.577. The molecule has 0 atom stereocenters. The predicted octanol–water partition coefficient (Wildman–Crippen LogP) is 2.47. The third kappa shape index (κ3) is 5.42. The first kappa shape index (κ1) is 9.28. The van der Waals surface area contributed by atoms with Gasteiger partial charge in [-0.1, -0.05) is 26.5 Å². The van der Waals surface area contributed by atoms with E-state index in [1.807, 2.05) is 6.08 Å². The molecule has 0 aliphatic heterocycles. The summed E-state index contributed by atoms with van der Waals surface area (Å²) in [6.45, 7) is 9.11. The normalized spacial score (nSPS) is 10.2. The molecule has 1 nitrogen and oxygen atoms in total. The second-order valence-corrected chi connectivity index (χ2v) is 2.26. The Morgan fingerprint density at radius 1 is 1.50 bits per heavy atom. The molecule has 1 N–H and O–H groups in total. The highest BCUT2D eigenvalue weighted by Crippen LogP contribution is 1.89. The highest BCUT2D eigenvalue weighted by Gasteiger charge is 1.82. The minimum Gasteiger partial charge on any atom is -0.386 e. The lowest BCUT2D eigenvalue weighted by molar-refractivity contribution is 0.786. The fourth-order valence-corrected chi connectivity index (χ4v) is 0.605. The summed E-state index contributed by atoms with van der Waals surface area (Å²) in [7, 11) is 0. The zero-order valence-electron chi connectivity index (χ0n) is 6.98. The van der Waals surface area contributed by atoms with Crippen molar-refractivity contribution in [2.45, 2.75) is 26.7 Å². The van der Waals surface area contributed by atoms with Gasteiger partial charge in [0.15, 0.2) is 0 Å². The maximum atomic E-state index is 3.83. The first-order valence-corrected chi connectivity index (χ1v) is 3.90. The third-order valence-corrected chi connectivity index (χ3v) is 1.16. The topological polar surface area (TPSA) is 12.0 Å². The van der Waals surface area contributed by atoms with Crippen LogP contribution in [0.1, 0.15) is 26.7 Å². The Bertz CT molecular complexity index is 114. The zero-order valence-corrected chi connectivity index (χ0v) is 6.98. The fraction of sp³-hybridized carbons (Fsp3) is 0.556. The maximum absolute atomic E-state index is 3.83. The van der Waals surface area contributed by atoms with Gasteiger partial charge < -0.3 is 5.32 Å². The Balaban J connectivity index is 3.34. The summed E-state index contributed by atoms with van der Waals surface area (Å²) in [6, 6.07) is 0. The lowest BCUT2D eigenvalue weighted by Crippen LogP contribution is -2.10. The lowest BCUT2D eigenvalue weighted by atomic mass is 10.3. The third-order valence-electron chi connectivity index (χ3n) is 1.16. The molecule has 0 bridgehead atoms. The Labute approximate surface area is 63.8 Å². The van der Waals surface area contributed by atoms with Crippen LogP contribution in [0, 0.1) is 0 Å². The average Bonchev–Trinajstić information content (AvgIpc) is 1.97. The largest absolute Gasteiger partial charge is 0.386 e. The number of hydrogen-bond donors (Lipinski definition) is 1. The van der Waals surface area contributed by atoms with Gasteiger partial charge in [0.1, 0.15) is 0 Å². The molecule has 0 spiro atoms. The van der Waals surface area contributed by atoms with E-state index in [9.17, 15) is 0 Å². The van der Waals surface area contributed by atoms with Crippen molar-refractivity contribution in [2.24, 2.45) is 0 Å². The molecule has 0 aliphatic rings. The maximum Gasteiger partial charge on any atom is 0.0263 e. The minimum atomic E-state index is 1.02. The van der Waals surface area contributed by atoms with Crippen molar-refractivity contribution in [2.75, 3.05) is 6.54 Å². The Kier molecular flexibility index (Phi) is 5.94. The SMILES string of the molecule is C=C(/C=C\CC)NCCC. The Hall–Kier alpha value is -0.720. The highest BCUT2D eigenvalue weighted by molar-refractivity contribution is 5.11. The molecule has 0 rings (SSSR count). The van der Waals surface area contributed by atoms with Crippen LogP contribution in [0.4, 0.5) is 0 Å². The van der Waals surface area contributed by atoms with E-state index in [1.165, 1.54) is 0 Å². The van der Waals surface area contributed by atoms with Gasteiger partial charge in [0.25, 0.3) is 0 Å². The van der Waals surface area contributed by atoms with Crippen molar-refractivity contribution < 1.29 is 0 Å². The summed E-state index contributed by atoms with van der Waals surface area (Å²) < 4.78 is 0. The van der Waals surface area contributed by atoms with E-state index < -0.39 is 0 Å². The smallest absolute Gasteiger partial charge is 0.0263 e. The molecule has 0 aromatic carbocycles. The monoisotopic (exact) mass is 139 g/mol. The molecule has 10 heavy (non-hydrogen) atoms. The summed E-state index contributed by atoms with van der Waals surface area (Å²) >= 11 is 0. The van der Waals surface area contributed by atoms with Crippen molar-refractivity contribution in [3.63, 3.8) is 0 Å². The van der Waals surface area contributed by atoms with E-state index >= 15 is 0 Å². The second-order valence-electron chi connectivity index (χ2n) is 2.26. The van der Waals surface area contributed by atoms with E-state index in [-0.39, 0.29) is 0 Å². The van der Waals surface area contributed by atoms with Crippen molar-refractivity contribution >= 4 is 0 Å². The first-order chi connectivity index (χ1) is 4.81. The first-order valence-electron chi connectivity index (χ1n) is 3.90. The molecule has 0 aromatic rings. The van der Waals surface area contributed by atoms with Crippen LogP contribution in [0.25, 0.3) is 0 Å². The molecule has 0 saturated carbocycles. The summed E-state index contributed by atoms with van der Waals surface area (Å²) in [5.74, 6) is 0. The van der Waals surface area contributed by atoms with Gasteiger partial charge in [0.05, 0.1) is 0 Å². The van der Waals surface area contributed by atoms with E-state index in [4.69, 9.17) is 0 Å². The van der Waals surface area contributed by atoms with E-state index in [0.717, 1.165) is 25.1 Å². The number of nitrogens with one attached hydrogen (secondary N) is 1. The molecule has 0 unspecified atom stereocenters. The van der Waals surface area contributed by atoms with Crippen LogP contribution in [-0.2, 0) is 0 Å². The molecule has 0 saturated heterocycles. The number of rotatable bonds is 5. The van der Waals surface area contributed by atoms with Crippen molar-refractivity contribution in [1.82, 2.24) is 5.32 Å². The van der Waals surface area contributed by atoms with Gasteiger partial charge in [-0.2, -0.15) is 0 Å². The molecule has 0 aliphatic carbocycles. The molecule has 1 heteroatoms. The number of hydrogen-bond acceptors (Lipinski definition) is 1. The van der Waals surface area contributed by atoms with E-state index in [0.29, 0.717) is 0 Å². The molecule has 0 amide bonds. The van der Waals surface area contributed by atoms with Crippen LogP contribution in [0.3, 0.4) is 0 Å². The van der Waals surface area contributed by atoms with Gasteiger partial charge >= 0.3 is 0 Å². The molecule has 0 aromatic heterocycles. The van der Waals surface area contributed by atoms with Crippen LogP contribution in [0.15, 0.2) is 24.4 Å². The summed E-state index contributed by atoms with van der Waals surface area (Å²) in [4.78, 5) is 0. The van der Waals surface area contributed by atoms with Gasteiger partial charge in [-0.3, -0.25) is 0 Å². The van der Waals surface area contributed by atoms with Crippen LogP contribution >= 0.6 is 0 Å². The fourth-order valence-electron chi connectivity index (χ4n) is 0.605. The van der Waals surface area contributed by atoms with Crippen LogP contribution in [0.2, 0.25) is 0 Å². The van der Waals surface area contributed by atoms with Crippen LogP contribution < -0.4 is 5.32 Å². The van der Waals surface area contributed by atoms with Gasteiger partial charge in [-0.15, -0.1) is 0 Å². The van der Waals surface area contributed by atoms with Gasteiger partial charge in [0, 0.05) is 12.2 Å². The average molecular weight is 139 g/mol. The number of allylic oxidation sites excluding steroid dienone is 2. The molecular formula is C9H17N. The summed E-state index contributed by atoms with van der Waals surface area (Å²) in [6.07, 6.45) is 6.35. The lowest BCUT2D eigenvalue weighted by Gasteiger charge is -2.01. The molecular weight excluding hydrogens is 122 g/mol. The van der Waals surface area contributed by atoms with Crippen molar-refractivity contribution in [3.8, 4) is 0 Å². The Morgan fingerprint density at radius 3 is 2.70 bits per heavy atom. The van der Waals surface area contributed by atoms with Crippen LogP contribution in [-0.4, -0.2) is 6.54 Å². The highest BCUT2D eigenvalue weighted by atomic mass is 14.9. The van der Waals surface area contributed by atoms with Crippen LogP contribution in [0.5, 0.6) is 0 Å². The minimum absolute atomic E-state index is 1.02. The summed E-state index contributed by atoms with van der Waals surface area (Å²) in [5, 5.41) is 3.19. The summed E-state index contributed by atoms with van der Waals surface area (Å²) in [5.41, 5.74) is 1.02. The molecule has 0 heterocycles. The molecule has 58 valence electrons. The second kappa shape index (κ2) is 6.40. The van der Waals surface area contributed by atoms with Crippen molar-refractivity contribution in [3.05, 3.63) is 24.4 Å². The molecule has 0 fully saturated rings. The van der Waals surface area contributed by atoms with Gasteiger partial charge in [-0.25, -0.2) is 0 Å². The van der Waals surface area contributed by atoms with E-state index in [2.05, 4.69) is 31.8 Å². The predicted molar refractivity (Wildman–Crippen MR) is 46.9 cm³/mol. The van der Waals surface area contributed by atoms with E-state index in [1.54, 1.807) is 0 Å². The Morgan fingerprint density at radius 2 is 2.20 bits per heavy atom.